The normalized spacial score (nSPS) is 20.4. The number of nitrogens with zero attached hydrogens (tertiary/aromatic N) is 1. The van der Waals surface area contributed by atoms with Crippen LogP contribution in [0.3, 0.4) is 0 Å². The SMILES string of the molecule is C[C@H]1CN(C(=O)c2ccc(O)c(Cl)c2)CCN1. The molecule has 2 rings (SSSR count). The van der Waals surface area contributed by atoms with E-state index in [-0.39, 0.29) is 16.7 Å². The first-order valence-corrected chi connectivity index (χ1v) is 5.97. The number of aromatic hydroxyl groups is 1. The third kappa shape index (κ3) is 2.70. The Morgan fingerprint density at radius 3 is 3.00 bits per heavy atom. The molecule has 92 valence electrons. The van der Waals surface area contributed by atoms with E-state index in [9.17, 15) is 9.90 Å². The summed E-state index contributed by atoms with van der Waals surface area (Å²) in [4.78, 5) is 14.0. The van der Waals surface area contributed by atoms with Gasteiger partial charge >= 0.3 is 0 Å². The van der Waals surface area contributed by atoms with Crippen LogP contribution in [0.25, 0.3) is 0 Å². The lowest BCUT2D eigenvalue weighted by Gasteiger charge is -2.32. The van der Waals surface area contributed by atoms with Crippen molar-refractivity contribution in [1.82, 2.24) is 10.2 Å². The number of carbonyl (C=O) groups excluding carboxylic acids is 1. The van der Waals surface area contributed by atoms with Crippen LogP contribution in [-0.4, -0.2) is 41.6 Å². The van der Waals surface area contributed by atoms with Crippen molar-refractivity contribution in [3.8, 4) is 5.75 Å². The number of hydrogen-bond acceptors (Lipinski definition) is 3. The minimum atomic E-state index is -0.0414. The van der Waals surface area contributed by atoms with E-state index in [2.05, 4.69) is 5.32 Å². The van der Waals surface area contributed by atoms with Crippen LogP contribution in [0.4, 0.5) is 0 Å². The predicted octanol–water partition coefficient (Wildman–Crippen LogP) is 1.48. The highest BCUT2D eigenvalue weighted by molar-refractivity contribution is 6.32. The number of benzene rings is 1. The highest BCUT2D eigenvalue weighted by Gasteiger charge is 2.21. The quantitative estimate of drug-likeness (QED) is 0.798. The van der Waals surface area contributed by atoms with Crippen LogP contribution in [0, 0.1) is 0 Å². The van der Waals surface area contributed by atoms with Gasteiger partial charge in [-0.05, 0) is 25.1 Å². The summed E-state index contributed by atoms with van der Waals surface area (Å²) in [6.45, 7) is 4.24. The number of nitrogens with one attached hydrogen (secondary N) is 1. The molecule has 1 atom stereocenters. The molecule has 1 fully saturated rings. The van der Waals surface area contributed by atoms with Crippen LogP contribution < -0.4 is 5.32 Å². The van der Waals surface area contributed by atoms with Crippen molar-refractivity contribution in [1.29, 1.82) is 0 Å². The molecule has 1 saturated heterocycles. The molecule has 1 amide bonds. The maximum atomic E-state index is 12.2. The molecule has 0 unspecified atom stereocenters. The van der Waals surface area contributed by atoms with Crippen LogP contribution in [0.15, 0.2) is 18.2 Å². The van der Waals surface area contributed by atoms with Crippen molar-refractivity contribution in [2.24, 2.45) is 0 Å². The molecule has 1 aliphatic heterocycles. The number of carbonyl (C=O) groups is 1. The summed E-state index contributed by atoms with van der Waals surface area (Å²) < 4.78 is 0. The number of halogens is 1. The van der Waals surface area contributed by atoms with Gasteiger partial charge < -0.3 is 15.3 Å². The van der Waals surface area contributed by atoms with Gasteiger partial charge in [0.25, 0.3) is 5.91 Å². The Labute approximate surface area is 105 Å². The molecule has 1 heterocycles. The third-order valence-electron chi connectivity index (χ3n) is 2.85. The number of phenols is 1. The van der Waals surface area contributed by atoms with Crippen molar-refractivity contribution in [3.63, 3.8) is 0 Å². The van der Waals surface area contributed by atoms with Gasteiger partial charge in [0.1, 0.15) is 5.75 Å². The zero-order valence-corrected chi connectivity index (χ0v) is 10.4. The van der Waals surface area contributed by atoms with Crippen molar-refractivity contribution >= 4 is 17.5 Å². The van der Waals surface area contributed by atoms with E-state index in [1.807, 2.05) is 6.92 Å². The fourth-order valence-electron chi connectivity index (χ4n) is 1.94. The van der Waals surface area contributed by atoms with Gasteiger partial charge in [-0.15, -0.1) is 0 Å². The van der Waals surface area contributed by atoms with E-state index in [1.54, 1.807) is 11.0 Å². The van der Waals surface area contributed by atoms with Gasteiger partial charge in [0.15, 0.2) is 0 Å². The fraction of sp³-hybridized carbons (Fsp3) is 0.417. The monoisotopic (exact) mass is 254 g/mol. The largest absolute Gasteiger partial charge is 0.506 e. The van der Waals surface area contributed by atoms with Crippen molar-refractivity contribution in [3.05, 3.63) is 28.8 Å². The third-order valence-corrected chi connectivity index (χ3v) is 3.15. The first-order chi connectivity index (χ1) is 8.08. The second-order valence-electron chi connectivity index (χ2n) is 4.27. The average molecular weight is 255 g/mol. The molecule has 0 aliphatic carbocycles. The average Bonchev–Trinajstić information content (AvgIpc) is 2.32. The Balaban J connectivity index is 2.15. The van der Waals surface area contributed by atoms with Gasteiger partial charge in [-0.3, -0.25) is 4.79 Å². The minimum absolute atomic E-state index is 0.00287. The van der Waals surface area contributed by atoms with E-state index < -0.39 is 0 Å². The molecule has 5 heteroatoms. The maximum Gasteiger partial charge on any atom is 0.254 e. The first-order valence-electron chi connectivity index (χ1n) is 5.59. The highest BCUT2D eigenvalue weighted by atomic mass is 35.5. The predicted molar refractivity (Wildman–Crippen MR) is 66.5 cm³/mol. The Hall–Kier alpha value is -1.26. The minimum Gasteiger partial charge on any atom is -0.506 e. The van der Waals surface area contributed by atoms with Crippen LogP contribution in [0.1, 0.15) is 17.3 Å². The Bertz CT molecular complexity index is 437. The molecule has 2 N–H and O–H groups in total. The molecule has 0 radical (unpaired) electrons. The Morgan fingerprint density at radius 1 is 1.59 bits per heavy atom. The summed E-state index contributed by atoms with van der Waals surface area (Å²) >= 11 is 5.79. The van der Waals surface area contributed by atoms with Crippen LogP contribution in [0.5, 0.6) is 5.75 Å². The number of hydrogen-bond donors (Lipinski definition) is 2. The highest BCUT2D eigenvalue weighted by Crippen LogP contribution is 2.24. The summed E-state index contributed by atoms with van der Waals surface area (Å²) in [6.07, 6.45) is 0. The number of amides is 1. The molecule has 1 aromatic carbocycles. The van der Waals surface area contributed by atoms with Crippen molar-refractivity contribution in [2.75, 3.05) is 19.6 Å². The molecule has 4 nitrogen and oxygen atoms in total. The fourth-order valence-corrected chi connectivity index (χ4v) is 2.12. The van der Waals surface area contributed by atoms with Crippen LogP contribution >= 0.6 is 11.6 Å². The molecule has 0 bridgehead atoms. The van der Waals surface area contributed by atoms with Crippen LogP contribution in [-0.2, 0) is 0 Å². The van der Waals surface area contributed by atoms with Gasteiger partial charge in [-0.25, -0.2) is 0 Å². The lowest BCUT2D eigenvalue weighted by Crippen LogP contribution is -2.51. The summed E-state index contributed by atoms with van der Waals surface area (Å²) in [5.74, 6) is -0.0443. The molecule has 1 aliphatic rings. The summed E-state index contributed by atoms with van der Waals surface area (Å²) in [6, 6.07) is 4.85. The Kier molecular flexibility index (Phi) is 3.54. The number of rotatable bonds is 1. The topological polar surface area (TPSA) is 52.6 Å². The Morgan fingerprint density at radius 2 is 2.35 bits per heavy atom. The molecular formula is C12H15ClN2O2. The summed E-state index contributed by atoms with van der Waals surface area (Å²) in [5.41, 5.74) is 0.516. The van der Waals surface area contributed by atoms with Crippen LogP contribution in [0.2, 0.25) is 5.02 Å². The van der Waals surface area contributed by atoms with Gasteiger partial charge in [0, 0.05) is 31.2 Å². The van der Waals surface area contributed by atoms with E-state index in [4.69, 9.17) is 11.6 Å². The first kappa shape index (κ1) is 12.2. The lowest BCUT2D eigenvalue weighted by atomic mass is 10.1. The second-order valence-corrected chi connectivity index (χ2v) is 4.68. The molecule has 1 aromatic rings. The van der Waals surface area contributed by atoms with E-state index in [1.165, 1.54) is 12.1 Å². The van der Waals surface area contributed by atoms with Crippen molar-refractivity contribution in [2.45, 2.75) is 13.0 Å². The smallest absolute Gasteiger partial charge is 0.254 e. The molecule has 17 heavy (non-hydrogen) atoms. The van der Waals surface area contributed by atoms with Crippen molar-refractivity contribution < 1.29 is 9.90 Å². The molecule has 0 saturated carbocycles. The summed E-state index contributed by atoms with van der Waals surface area (Å²) in [7, 11) is 0. The zero-order chi connectivity index (χ0) is 12.4. The molecule has 0 spiro atoms. The number of phenolic OH excluding ortho intramolecular Hbond substituents is 1. The second kappa shape index (κ2) is 4.94. The zero-order valence-electron chi connectivity index (χ0n) is 9.61. The lowest BCUT2D eigenvalue weighted by molar-refractivity contribution is 0.0709. The van der Waals surface area contributed by atoms with E-state index in [0.717, 1.165) is 6.54 Å². The van der Waals surface area contributed by atoms with Gasteiger partial charge in [0.05, 0.1) is 5.02 Å². The number of piperazine rings is 1. The summed E-state index contributed by atoms with van der Waals surface area (Å²) in [5, 5.41) is 12.8. The van der Waals surface area contributed by atoms with Gasteiger partial charge in [0.2, 0.25) is 0 Å². The molecule has 0 aromatic heterocycles. The maximum absolute atomic E-state index is 12.2. The van der Waals surface area contributed by atoms with Gasteiger partial charge in [-0.2, -0.15) is 0 Å². The van der Waals surface area contributed by atoms with Gasteiger partial charge in [-0.1, -0.05) is 11.6 Å². The van der Waals surface area contributed by atoms with E-state index >= 15 is 0 Å². The standard InChI is InChI=1S/C12H15ClN2O2/c1-8-7-15(5-4-14-8)12(17)9-2-3-11(16)10(13)6-9/h2-3,6,8,14,16H,4-5,7H2,1H3/t8-/m0/s1. The van der Waals surface area contributed by atoms with E-state index in [0.29, 0.717) is 24.7 Å². The molecular weight excluding hydrogens is 240 g/mol.